The zero-order valence-corrected chi connectivity index (χ0v) is 13.4. The summed E-state index contributed by atoms with van der Waals surface area (Å²) in [6.45, 7) is 9.02. The lowest BCUT2D eigenvalue weighted by atomic mass is 9.97. The van der Waals surface area contributed by atoms with E-state index >= 15 is 0 Å². The van der Waals surface area contributed by atoms with Crippen molar-refractivity contribution in [2.45, 2.75) is 39.7 Å². The molecule has 2 rings (SSSR count). The van der Waals surface area contributed by atoms with E-state index in [9.17, 15) is 9.59 Å². The Balaban J connectivity index is 1.78. The van der Waals surface area contributed by atoms with Gasteiger partial charge in [0.15, 0.2) is 0 Å². The Morgan fingerprint density at radius 1 is 1.41 bits per heavy atom. The van der Waals surface area contributed by atoms with E-state index < -0.39 is 5.60 Å². The molecule has 0 radical (unpaired) electrons. The van der Waals surface area contributed by atoms with E-state index in [2.05, 4.69) is 15.5 Å². The molecule has 2 heterocycles. The Hall–Kier alpha value is -2.12. The van der Waals surface area contributed by atoms with Crippen molar-refractivity contribution in [1.82, 2.24) is 20.4 Å². The second-order valence-electron chi connectivity index (χ2n) is 6.33. The highest BCUT2D eigenvalue weighted by atomic mass is 16.6. The van der Waals surface area contributed by atoms with Crippen molar-refractivity contribution >= 4 is 12.0 Å². The molecule has 0 bridgehead atoms. The van der Waals surface area contributed by atoms with Gasteiger partial charge >= 0.3 is 6.09 Å². The molecule has 2 amide bonds. The molecule has 1 saturated heterocycles. The number of aromatic nitrogens is 2. The molecule has 1 aromatic heterocycles. The molecule has 8 nitrogen and oxygen atoms in total. The first-order chi connectivity index (χ1) is 10.3. The van der Waals surface area contributed by atoms with E-state index in [1.54, 1.807) is 4.90 Å². The second kappa shape index (κ2) is 6.33. The minimum atomic E-state index is -0.490. The van der Waals surface area contributed by atoms with Crippen molar-refractivity contribution in [2.75, 3.05) is 19.6 Å². The lowest BCUT2D eigenvalue weighted by Crippen LogP contribution is -2.52. The molecule has 1 aliphatic rings. The van der Waals surface area contributed by atoms with Crippen LogP contribution in [0.1, 0.15) is 44.2 Å². The number of hydrogen-bond acceptors (Lipinski definition) is 6. The van der Waals surface area contributed by atoms with Crippen LogP contribution < -0.4 is 5.32 Å². The Labute approximate surface area is 129 Å². The third-order valence-corrected chi connectivity index (χ3v) is 3.08. The van der Waals surface area contributed by atoms with E-state index in [4.69, 9.17) is 9.26 Å². The van der Waals surface area contributed by atoms with Gasteiger partial charge in [-0.1, -0.05) is 5.16 Å². The summed E-state index contributed by atoms with van der Waals surface area (Å²) in [5.74, 6) is 0.354. The minimum Gasteiger partial charge on any atom is -0.444 e. The van der Waals surface area contributed by atoms with Crippen molar-refractivity contribution in [1.29, 1.82) is 0 Å². The van der Waals surface area contributed by atoms with Crippen LogP contribution in [0, 0.1) is 5.92 Å². The smallest absolute Gasteiger partial charge is 0.410 e. The predicted molar refractivity (Wildman–Crippen MR) is 77.3 cm³/mol. The fourth-order valence-electron chi connectivity index (χ4n) is 2.09. The van der Waals surface area contributed by atoms with Crippen LogP contribution in [0.2, 0.25) is 0 Å². The molecule has 0 aliphatic carbocycles. The van der Waals surface area contributed by atoms with Crippen molar-refractivity contribution in [3.63, 3.8) is 0 Å². The van der Waals surface area contributed by atoms with Gasteiger partial charge in [-0.2, -0.15) is 4.98 Å². The average molecular weight is 310 g/mol. The molecule has 1 N–H and O–H groups in total. The number of nitrogens with zero attached hydrogens (tertiary/aromatic N) is 3. The monoisotopic (exact) mass is 310 g/mol. The minimum absolute atomic E-state index is 0.0418. The quantitative estimate of drug-likeness (QED) is 0.898. The highest BCUT2D eigenvalue weighted by Gasteiger charge is 2.34. The van der Waals surface area contributed by atoms with E-state index in [-0.39, 0.29) is 23.7 Å². The standard InChI is InChI=1S/C14H22N4O4/c1-5-15-12(19)11-16-10(22-17-11)6-9-7-18(8-9)13(20)21-14(2,3)4/h9H,5-8H2,1-4H3,(H,15,19). The maximum atomic E-state index is 11.8. The number of ether oxygens (including phenoxy) is 1. The van der Waals surface area contributed by atoms with Crippen molar-refractivity contribution in [3.05, 3.63) is 11.7 Å². The predicted octanol–water partition coefficient (Wildman–Crippen LogP) is 1.23. The largest absolute Gasteiger partial charge is 0.444 e. The maximum Gasteiger partial charge on any atom is 0.410 e. The number of hydrogen-bond donors (Lipinski definition) is 1. The summed E-state index contributed by atoms with van der Waals surface area (Å²) in [5, 5.41) is 6.25. The summed E-state index contributed by atoms with van der Waals surface area (Å²) in [5.41, 5.74) is -0.490. The first kappa shape index (κ1) is 16.3. The van der Waals surface area contributed by atoms with Gasteiger partial charge in [0.25, 0.3) is 11.7 Å². The van der Waals surface area contributed by atoms with Crippen LogP contribution in [0.3, 0.4) is 0 Å². The highest BCUT2D eigenvalue weighted by molar-refractivity contribution is 5.90. The summed E-state index contributed by atoms with van der Waals surface area (Å²) >= 11 is 0. The van der Waals surface area contributed by atoms with E-state index in [1.807, 2.05) is 27.7 Å². The zero-order valence-electron chi connectivity index (χ0n) is 13.4. The molecule has 0 unspecified atom stereocenters. The van der Waals surface area contributed by atoms with Crippen LogP contribution in [0.25, 0.3) is 0 Å². The summed E-state index contributed by atoms with van der Waals surface area (Å²) in [6, 6.07) is 0. The van der Waals surface area contributed by atoms with E-state index in [1.165, 1.54) is 0 Å². The van der Waals surface area contributed by atoms with Crippen LogP contribution in [-0.4, -0.2) is 52.3 Å². The first-order valence-corrected chi connectivity index (χ1v) is 7.37. The van der Waals surface area contributed by atoms with E-state index in [0.29, 0.717) is 31.9 Å². The molecule has 8 heteroatoms. The fourth-order valence-corrected chi connectivity index (χ4v) is 2.09. The van der Waals surface area contributed by atoms with Crippen molar-refractivity contribution < 1.29 is 18.8 Å². The molecule has 0 aromatic carbocycles. The molecular weight excluding hydrogens is 288 g/mol. The number of likely N-dealkylation sites (tertiary alicyclic amines) is 1. The van der Waals surface area contributed by atoms with E-state index in [0.717, 1.165) is 0 Å². The Bertz CT molecular complexity index is 543. The molecule has 122 valence electrons. The van der Waals surface area contributed by atoms with Crippen LogP contribution in [0.15, 0.2) is 4.52 Å². The summed E-state index contributed by atoms with van der Waals surface area (Å²) in [4.78, 5) is 29.0. The number of carbonyl (C=O) groups is 2. The molecule has 0 saturated carbocycles. The first-order valence-electron chi connectivity index (χ1n) is 7.37. The Morgan fingerprint density at radius 2 is 2.09 bits per heavy atom. The molecule has 1 fully saturated rings. The molecule has 22 heavy (non-hydrogen) atoms. The SMILES string of the molecule is CCNC(=O)c1noc(CC2CN(C(=O)OC(C)(C)C)C2)n1. The molecular formula is C14H22N4O4. The number of rotatable bonds is 4. The van der Waals surface area contributed by atoms with Crippen LogP contribution in [0.4, 0.5) is 4.79 Å². The number of nitrogens with one attached hydrogen (secondary N) is 1. The third kappa shape index (κ3) is 4.19. The van der Waals surface area contributed by atoms with Gasteiger partial charge < -0.3 is 19.5 Å². The molecule has 1 aromatic rings. The molecule has 1 aliphatic heterocycles. The third-order valence-electron chi connectivity index (χ3n) is 3.08. The van der Waals surface area contributed by atoms with Gasteiger partial charge in [-0.25, -0.2) is 4.79 Å². The lowest BCUT2D eigenvalue weighted by Gasteiger charge is -2.39. The van der Waals surface area contributed by atoms with Crippen LogP contribution in [0.5, 0.6) is 0 Å². The maximum absolute atomic E-state index is 11.8. The van der Waals surface area contributed by atoms with Crippen LogP contribution >= 0.6 is 0 Å². The Morgan fingerprint density at radius 3 is 2.68 bits per heavy atom. The average Bonchev–Trinajstić information content (AvgIpc) is 2.79. The normalized spacial score (nSPS) is 15.4. The summed E-state index contributed by atoms with van der Waals surface area (Å²) < 4.78 is 10.3. The number of carbonyl (C=O) groups excluding carboxylic acids is 2. The molecule has 0 atom stereocenters. The van der Waals surface area contributed by atoms with Gasteiger partial charge in [-0.05, 0) is 27.7 Å². The number of amides is 2. The van der Waals surface area contributed by atoms with Gasteiger partial charge in [0, 0.05) is 32.0 Å². The summed E-state index contributed by atoms with van der Waals surface area (Å²) in [6.07, 6.45) is 0.239. The van der Waals surface area contributed by atoms with Gasteiger partial charge in [0.2, 0.25) is 5.89 Å². The van der Waals surface area contributed by atoms with Gasteiger partial charge in [0.1, 0.15) is 5.60 Å². The van der Waals surface area contributed by atoms with Crippen molar-refractivity contribution in [3.8, 4) is 0 Å². The Kier molecular flexibility index (Phi) is 4.68. The van der Waals surface area contributed by atoms with Gasteiger partial charge in [-0.3, -0.25) is 4.79 Å². The topological polar surface area (TPSA) is 97.6 Å². The second-order valence-corrected chi connectivity index (χ2v) is 6.33. The fraction of sp³-hybridized carbons (Fsp3) is 0.714. The lowest BCUT2D eigenvalue weighted by molar-refractivity contribution is -0.00187. The highest BCUT2D eigenvalue weighted by Crippen LogP contribution is 2.22. The van der Waals surface area contributed by atoms with Gasteiger partial charge in [-0.15, -0.1) is 0 Å². The molecule has 0 spiro atoms. The van der Waals surface area contributed by atoms with Crippen molar-refractivity contribution in [2.24, 2.45) is 5.92 Å². The van der Waals surface area contributed by atoms with Crippen LogP contribution in [-0.2, 0) is 11.2 Å². The zero-order chi connectivity index (χ0) is 16.3. The summed E-state index contributed by atoms with van der Waals surface area (Å²) in [7, 11) is 0. The van der Waals surface area contributed by atoms with Gasteiger partial charge in [0.05, 0.1) is 0 Å².